The zero-order chi connectivity index (χ0) is 13.0. The van der Waals surface area contributed by atoms with E-state index in [9.17, 15) is 14.4 Å². The van der Waals surface area contributed by atoms with Crippen molar-refractivity contribution in [2.24, 2.45) is 0 Å². The van der Waals surface area contributed by atoms with Crippen LogP contribution in [-0.4, -0.2) is 40.7 Å². The van der Waals surface area contributed by atoms with Crippen LogP contribution in [0.15, 0.2) is 0 Å². The molecule has 0 saturated carbocycles. The topological polar surface area (TPSA) is 63.7 Å². The molecule has 17 heavy (non-hydrogen) atoms. The van der Waals surface area contributed by atoms with Gasteiger partial charge in [-0.3, -0.25) is 14.5 Å². The first kappa shape index (κ1) is 14.0. The van der Waals surface area contributed by atoms with E-state index in [1.165, 1.54) is 6.92 Å². The first-order valence-electron chi connectivity index (χ1n) is 5.65. The highest BCUT2D eigenvalue weighted by molar-refractivity contribution is 6.31. The highest BCUT2D eigenvalue weighted by Gasteiger charge is 2.42. The number of hydrogen-bond donors (Lipinski definition) is 0. The Morgan fingerprint density at radius 1 is 1.59 bits per heavy atom. The molecule has 1 fully saturated rings. The third kappa shape index (κ3) is 3.19. The number of ether oxygens (including phenoxy) is 1. The van der Waals surface area contributed by atoms with Crippen LogP contribution in [0.2, 0.25) is 0 Å². The SMILES string of the molecule is CCCOC(=O)C1CCC(=O)N1C(=O)C(C)Cl. The van der Waals surface area contributed by atoms with E-state index in [-0.39, 0.29) is 12.3 Å². The van der Waals surface area contributed by atoms with Crippen molar-refractivity contribution < 1.29 is 19.1 Å². The molecule has 1 saturated heterocycles. The fourth-order valence-corrected chi connectivity index (χ4v) is 1.78. The van der Waals surface area contributed by atoms with E-state index in [2.05, 4.69) is 0 Å². The monoisotopic (exact) mass is 261 g/mol. The molecule has 2 amide bonds. The van der Waals surface area contributed by atoms with Gasteiger partial charge in [0, 0.05) is 6.42 Å². The van der Waals surface area contributed by atoms with Crippen molar-refractivity contribution in [2.75, 3.05) is 6.61 Å². The molecule has 2 atom stereocenters. The summed E-state index contributed by atoms with van der Waals surface area (Å²) in [6, 6.07) is -0.803. The van der Waals surface area contributed by atoms with Crippen LogP contribution in [-0.2, 0) is 19.1 Å². The fourth-order valence-electron chi connectivity index (χ4n) is 1.67. The molecule has 0 bridgehead atoms. The van der Waals surface area contributed by atoms with E-state index in [4.69, 9.17) is 16.3 Å². The summed E-state index contributed by atoms with van der Waals surface area (Å²) in [7, 11) is 0. The minimum Gasteiger partial charge on any atom is -0.464 e. The van der Waals surface area contributed by atoms with Gasteiger partial charge in [0.2, 0.25) is 11.8 Å². The van der Waals surface area contributed by atoms with Crippen LogP contribution >= 0.6 is 11.6 Å². The Balaban J connectivity index is 2.74. The second-order valence-corrected chi connectivity index (χ2v) is 4.59. The second-order valence-electron chi connectivity index (χ2n) is 3.94. The first-order valence-corrected chi connectivity index (χ1v) is 6.09. The normalized spacial score (nSPS) is 21.5. The summed E-state index contributed by atoms with van der Waals surface area (Å²) in [6.07, 6.45) is 1.20. The quantitative estimate of drug-likeness (QED) is 0.561. The summed E-state index contributed by atoms with van der Waals surface area (Å²) in [4.78, 5) is 35.9. The minimum absolute atomic E-state index is 0.182. The molecule has 6 heteroatoms. The van der Waals surface area contributed by atoms with Crippen LogP contribution in [0.3, 0.4) is 0 Å². The van der Waals surface area contributed by atoms with Crippen molar-refractivity contribution in [3.63, 3.8) is 0 Å². The van der Waals surface area contributed by atoms with Gasteiger partial charge in [-0.2, -0.15) is 0 Å². The molecule has 0 aromatic carbocycles. The van der Waals surface area contributed by atoms with Crippen molar-refractivity contribution in [3.8, 4) is 0 Å². The largest absolute Gasteiger partial charge is 0.464 e. The van der Waals surface area contributed by atoms with E-state index in [1.54, 1.807) is 0 Å². The fraction of sp³-hybridized carbons (Fsp3) is 0.727. The van der Waals surface area contributed by atoms with Gasteiger partial charge in [-0.1, -0.05) is 6.92 Å². The van der Waals surface area contributed by atoms with E-state index in [0.29, 0.717) is 19.4 Å². The van der Waals surface area contributed by atoms with Crippen molar-refractivity contribution in [2.45, 2.75) is 44.5 Å². The van der Waals surface area contributed by atoms with Crippen LogP contribution in [0, 0.1) is 0 Å². The molecule has 0 radical (unpaired) electrons. The summed E-state index contributed by atoms with van der Waals surface area (Å²) in [6.45, 7) is 3.64. The molecule has 1 aliphatic heterocycles. The van der Waals surface area contributed by atoms with Gasteiger partial charge in [-0.05, 0) is 19.8 Å². The number of carbonyl (C=O) groups is 3. The number of carbonyl (C=O) groups excluding carboxylic acids is 3. The summed E-state index contributed by atoms with van der Waals surface area (Å²) in [5.41, 5.74) is 0. The first-order chi connectivity index (χ1) is 7.99. The maximum absolute atomic E-state index is 11.7. The van der Waals surface area contributed by atoms with Crippen LogP contribution in [0.4, 0.5) is 0 Å². The van der Waals surface area contributed by atoms with E-state index < -0.39 is 23.3 Å². The number of nitrogens with zero attached hydrogens (tertiary/aromatic N) is 1. The number of amides is 2. The Kier molecular flexibility index (Phi) is 4.93. The van der Waals surface area contributed by atoms with Gasteiger partial charge in [0.1, 0.15) is 11.4 Å². The zero-order valence-electron chi connectivity index (χ0n) is 9.94. The van der Waals surface area contributed by atoms with Gasteiger partial charge >= 0.3 is 5.97 Å². The third-order valence-electron chi connectivity index (χ3n) is 2.51. The van der Waals surface area contributed by atoms with Crippen molar-refractivity contribution in [3.05, 3.63) is 0 Å². The lowest BCUT2D eigenvalue weighted by Crippen LogP contribution is -2.46. The molecular weight excluding hydrogens is 246 g/mol. The minimum atomic E-state index is -0.821. The Morgan fingerprint density at radius 3 is 2.76 bits per heavy atom. The summed E-state index contributed by atoms with van der Waals surface area (Å²) in [5, 5.41) is -0.821. The number of esters is 1. The lowest BCUT2D eigenvalue weighted by molar-refractivity contribution is -0.157. The predicted octanol–water partition coefficient (Wildman–Crippen LogP) is 1.08. The lowest BCUT2D eigenvalue weighted by Gasteiger charge is -2.22. The van der Waals surface area contributed by atoms with Gasteiger partial charge < -0.3 is 4.74 Å². The highest BCUT2D eigenvalue weighted by Crippen LogP contribution is 2.22. The average Bonchev–Trinajstić information content (AvgIpc) is 2.66. The lowest BCUT2D eigenvalue weighted by atomic mass is 10.2. The Labute approximate surface area is 105 Å². The maximum Gasteiger partial charge on any atom is 0.329 e. The zero-order valence-corrected chi connectivity index (χ0v) is 10.7. The molecule has 0 aliphatic carbocycles. The highest BCUT2D eigenvalue weighted by atomic mass is 35.5. The Hall–Kier alpha value is -1.10. The smallest absolute Gasteiger partial charge is 0.329 e. The van der Waals surface area contributed by atoms with Gasteiger partial charge in [-0.15, -0.1) is 11.6 Å². The summed E-state index contributed by atoms with van der Waals surface area (Å²) in [5.74, 6) is -1.42. The van der Waals surface area contributed by atoms with Crippen LogP contribution < -0.4 is 0 Å². The molecule has 96 valence electrons. The van der Waals surface area contributed by atoms with E-state index >= 15 is 0 Å². The number of alkyl halides is 1. The molecule has 1 heterocycles. The van der Waals surface area contributed by atoms with Crippen molar-refractivity contribution in [1.82, 2.24) is 4.90 Å². The molecular formula is C11H16ClNO4. The maximum atomic E-state index is 11.7. The standard InChI is InChI=1S/C11H16ClNO4/c1-3-6-17-11(16)8-4-5-9(14)13(8)10(15)7(2)12/h7-8H,3-6H2,1-2H3. The number of hydrogen-bond acceptors (Lipinski definition) is 4. The Bertz CT molecular complexity index is 329. The molecule has 5 nitrogen and oxygen atoms in total. The Morgan fingerprint density at radius 2 is 2.24 bits per heavy atom. The van der Waals surface area contributed by atoms with Gasteiger partial charge in [-0.25, -0.2) is 4.79 Å². The van der Waals surface area contributed by atoms with Crippen molar-refractivity contribution in [1.29, 1.82) is 0 Å². The molecule has 1 aliphatic rings. The molecule has 2 unspecified atom stereocenters. The van der Waals surface area contributed by atoms with Crippen LogP contribution in [0.1, 0.15) is 33.1 Å². The van der Waals surface area contributed by atoms with Gasteiger partial charge in [0.25, 0.3) is 0 Å². The average molecular weight is 262 g/mol. The molecule has 0 N–H and O–H groups in total. The summed E-state index contributed by atoms with van der Waals surface area (Å²) < 4.78 is 4.96. The molecule has 1 rings (SSSR count). The van der Waals surface area contributed by atoms with Gasteiger partial charge in [0.15, 0.2) is 0 Å². The van der Waals surface area contributed by atoms with E-state index in [1.807, 2.05) is 6.92 Å². The van der Waals surface area contributed by atoms with Crippen LogP contribution in [0.5, 0.6) is 0 Å². The number of halogens is 1. The summed E-state index contributed by atoms with van der Waals surface area (Å²) >= 11 is 5.65. The molecule has 0 spiro atoms. The number of imide groups is 1. The molecule has 0 aromatic heterocycles. The second kappa shape index (κ2) is 6.00. The predicted molar refractivity (Wildman–Crippen MR) is 61.4 cm³/mol. The van der Waals surface area contributed by atoms with Crippen molar-refractivity contribution >= 4 is 29.4 Å². The number of rotatable bonds is 4. The van der Waals surface area contributed by atoms with E-state index in [0.717, 1.165) is 4.90 Å². The number of likely N-dealkylation sites (tertiary alicyclic amines) is 1. The molecule has 0 aromatic rings. The third-order valence-corrected chi connectivity index (χ3v) is 2.70. The van der Waals surface area contributed by atoms with Gasteiger partial charge in [0.05, 0.1) is 6.61 Å². The van der Waals surface area contributed by atoms with Crippen LogP contribution in [0.25, 0.3) is 0 Å².